The SMILES string of the molecule is CC(C)C1CCc2c(nc(-c3ccccc3O)nc2N2CCCCC2)C1.CC1CCN(c2nc(-c3ccccc3O)nc3c2CCC(C(C)C)C3)CC1.CCOC(=O)N1CCN(c2nc(-c3ccccc3O)nc3c2CCC(C(C)C)C3)CC1.CCS(=O)(=O)N1CCN(c2nc(-c3ccccc3O)nc3c2CC[C@@H](C)C3)CC1.C[C@@H]1CCc2c(nc(-c3ccccc3O)nc2N2CCN(S(C)(=O)=O)CC2)C1. The number of carbonyl (C=O) groups excluding carboxylic acids is 1. The monoisotopic (exact) mass is 1960 g/mol. The van der Waals surface area contributed by atoms with Crippen LogP contribution in [0.5, 0.6) is 28.7 Å². The molecular weight excluding hydrogens is 1810 g/mol. The van der Waals surface area contributed by atoms with Gasteiger partial charge in [-0.15, -0.1) is 0 Å². The first kappa shape index (κ1) is 102. The lowest BCUT2D eigenvalue weighted by Crippen LogP contribution is -2.49. The number of fused-ring (bicyclic) bond motifs is 5. The van der Waals surface area contributed by atoms with Gasteiger partial charge < -0.3 is 59.7 Å². The van der Waals surface area contributed by atoms with Crippen LogP contribution in [0.1, 0.15) is 197 Å². The number of nitrogens with zero attached hydrogens (tertiary/aromatic N) is 18. The Hall–Kier alpha value is -11.4. The number of hydrogen-bond acceptors (Lipinski definition) is 26. The number of ether oxygens (including phenoxy) is 1. The van der Waals surface area contributed by atoms with Gasteiger partial charge in [-0.05, 0) is 256 Å². The van der Waals surface area contributed by atoms with Gasteiger partial charge in [-0.3, -0.25) is 0 Å². The van der Waals surface area contributed by atoms with Gasteiger partial charge in [0.2, 0.25) is 20.0 Å². The van der Waals surface area contributed by atoms with Gasteiger partial charge in [0.15, 0.2) is 29.1 Å². The highest BCUT2D eigenvalue weighted by Crippen LogP contribution is 2.45. The number of piperazine rings is 3. The normalized spacial score (nSPS) is 20.2. The van der Waals surface area contributed by atoms with Crippen LogP contribution in [0.4, 0.5) is 33.9 Å². The Morgan fingerprint density at radius 1 is 0.333 bits per heavy atom. The van der Waals surface area contributed by atoms with Gasteiger partial charge in [-0.25, -0.2) is 71.5 Å². The first-order chi connectivity index (χ1) is 67.8. The number of sulfonamides is 2. The fourth-order valence-corrected chi connectivity index (χ4v) is 23.5. The molecule has 10 aliphatic rings. The number of aromatic hydroxyl groups is 5. The molecule has 10 heterocycles. The Kier molecular flexibility index (Phi) is 33.4. The molecular formula is C110H146N18O11S2. The Morgan fingerprint density at radius 3 is 0.887 bits per heavy atom. The molecule has 5 saturated heterocycles. The maximum absolute atomic E-state index is 12.2. The fourth-order valence-electron chi connectivity index (χ4n) is 21.6. The van der Waals surface area contributed by atoms with E-state index in [0.717, 1.165) is 173 Å². The standard InChI is InChI=1S/C24H32N4O3.C23H31N3O.C22H29N3O.C21H28N4O3S.C20H26N4O3S/c1-4-31-24(30)28-13-11-27(12-14-28)23-18-10-9-17(16(2)3)15-20(18)25-22(26-23)19-7-5-6-8-21(19)29;1-15(2)17-8-9-18-20(14-17)24-22(19-6-4-5-7-21(19)27)25-23(18)26-12-10-16(3)11-13-26;1-15(2)16-10-11-17-19(14-16)23-21(18-8-4-5-9-20(18)26)24-22(17)25-12-6-3-7-13-25;1-3-29(27,28)25-12-10-24(11-13-25)21-16-9-8-15(2)14-18(16)22-20(23-21)17-6-4-5-7-19(17)26;1-14-7-8-15-17(13-14)21-19(16-5-3-4-6-18(16)25)22-20(15)23-9-11-24(12-10-23)28(2,26)27/h5-8,16-17,29H,4,9-15H2,1-3H3;4-7,15-17,27H,8-14H2,1-3H3;4-5,8-9,15-16,26H,3,6-7,10-14H2,1-2H3;4-7,15,26H,3,8-14H2,1-2H3;3-6,14,25H,7-13H2,1-2H3/t;;;15-;14-/m...11/s1. The van der Waals surface area contributed by atoms with Crippen LogP contribution in [0.3, 0.4) is 0 Å². The molecule has 754 valence electrons. The van der Waals surface area contributed by atoms with E-state index >= 15 is 0 Å². The van der Waals surface area contributed by atoms with Crippen molar-refractivity contribution >= 4 is 55.2 Å². The van der Waals surface area contributed by atoms with Crippen molar-refractivity contribution < 1.29 is 51.9 Å². The second-order valence-electron chi connectivity index (χ2n) is 41.3. The molecule has 5 aliphatic carbocycles. The van der Waals surface area contributed by atoms with Crippen LogP contribution in [0.25, 0.3) is 56.9 Å². The van der Waals surface area contributed by atoms with E-state index in [-0.39, 0.29) is 40.6 Å². The van der Waals surface area contributed by atoms with Crippen LogP contribution in [-0.2, 0) is 89.0 Å². The van der Waals surface area contributed by atoms with Crippen molar-refractivity contribution in [2.24, 2.45) is 53.3 Å². The number of para-hydroxylation sites is 5. The summed E-state index contributed by atoms with van der Waals surface area (Å²) in [5.74, 6) is 15.0. The van der Waals surface area contributed by atoms with Gasteiger partial charge in [0.25, 0.3) is 0 Å². The maximum atomic E-state index is 12.2. The van der Waals surface area contributed by atoms with Gasteiger partial charge in [-0.1, -0.05) is 123 Å². The van der Waals surface area contributed by atoms with Crippen molar-refractivity contribution in [2.45, 2.75) is 205 Å². The molecule has 29 nitrogen and oxygen atoms in total. The van der Waals surface area contributed by atoms with Crippen molar-refractivity contribution in [1.82, 2.24) is 63.4 Å². The Morgan fingerprint density at radius 2 is 0.603 bits per heavy atom. The Bertz CT molecular complexity index is 6250. The maximum Gasteiger partial charge on any atom is 0.409 e. The average Bonchev–Trinajstić information content (AvgIpc) is 0.768. The van der Waals surface area contributed by atoms with E-state index in [1.165, 1.54) is 94.7 Å². The first-order valence-electron chi connectivity index (χ1n) is 51.8. The summed E-state index contributed by atoms with van der Waals surface area (Å²) in [5, 5.41) is 51.7. The van der Waals surface area contributed by atoms with Crippen molar-refractivity contribution in [3.05, 3.63) is 178 Å². The Labute approximate surface area is 834 Å². The van der Waals surface area contributed by atoms with Gasteiger partial charge in [0, 0.05) is 133 Å². The molecule has 3 unspecified atom stereocenters. The zero-order chi connectivity index (χ0) is 99.5. The van der Waals surface area contributed by atoms with E-state index in [4.69, 9.17) is 54.6 Å². The van der Waals surface area contributed by atoms with Crippen molar-refractivity contribution in [3.63, 3.8) is 0 Å². The molecule has 31 heteroatoms. The number of hydrogen-bond donors (Lipinski definition) is 5. The number of phenols is 5. The molecule has 0 saturated carbocycles. The second kappa shape index (κ2) is 45.9. The van der Waals surface area contributed by atoms with Crippen LogP contribution in [0, 0.1) is 53.3 Å². The van der Waals surface area contributed by atoms with Gasteiger partial charge in [0.1, 0.15) is 57.8 Å². The number of phenolic OH excluding ortho intramolecular Hbond substituents is 5. The third-order valence-electron chi connectivity index (χ3n) is 30.6. The molecule has 1 amide bonds. The molecule has 0 spiro atoms. The molecule has 5 aromatic heterocycles. The minimum Gasteiger partial charge on any atom is -0.507 e. The molecule has 141 heavy (non-hydrogen) atoms. The van der Waals surface area contributed by atoms with Crippen molar-refractivity contribution in [1.29, 1.82) is 0 Å². The predicted molar refractivity (Wildman–Crippen MR) is 558 cm³/mol. The number of benzene rings is 5. The van der Waals surface area contributed by atoms with Crippen LogP contribution in [0.2, 0.25) is 0 Å². The third kappa shape index (κ3) is 24.4. The van der Waals surface area contributed by atoms with Crippen LogP contribution >= 0.6 is 0 Å². The van der Waals surface area contributed by atoms with Gasteiger partial charge in [0.05, 0.1) is 74.9 Å². The fraction of sp³-hybridized carbons (Fsp3) is 0.536. The molecule has 0 radical (unpaired) electrons. The molecule has 5 N–H and O–H groups in total. The van der Waals surface area contributed by atoms with E-state index in [0.29, 0.717) is 178 Å². The van der Waals surface area contributed by atoms with E-state index in [1.54, 1.807) is 58.6 Å². The van der Waals surface area contributed by atoms with E-state index < -0.39 is 20.0 Å². The average molecular weight is 1960 g/mol. The highest BCUT2D eigenvalue weighted by molar-refractivity contribution is 7.89. The molecule has 0 bridgehead atoms. The predicted octanol–water partition coefficient (Wildman–Crippen LogP) is 17.8. The lowest BCUT2D eigenvalue weighted by molar-refractivity contribution is 0.105. The topological polar surface area (TPSA) is 351 Å². The van der Waals surface area contributed by atoms with E-state index in [9.17, 15) is 47.2 Å². The number of anilines is 5. The van der Waals surface area contributed by atoms with Crippen LogP contribution in [0.15, 0.2) is 121 Å². The minimum absolute atomic E-state index is 0.130. The lowest BCUT2D eigenvalue weighted by Gasteiger charge is -2.37. The molecule has 5 aromatic carbocycles. The van der Waals surface area contributed by atoms with Gasteiger partial charge >= 0.3 is 6.09 Å². The van der Waals surface area contributed by atoms with Gasteiger partial charge in [-0.2, -0.15) is 8.61 Å². The number of carbonyl (C=O) groups is 1. The number of aromatic nitrogens is 10. The molecule has 5 atom stereocenters. The quantitative estimate of drug-likeness (QED) is 0.0565. The third-order valence-corrected chi connectivity index (χ3v) is 33.8. The zero-order valence-electron chi connectivity index (χ0n) is 84.7. The van der Waals surface area contributed by atoms with Crippen LogP contribution in [-0.4, -0.2) is 235 Å². The molecule has 5 aliphatic heterocycles. The summed E-state index contributed by atoms with van der Waals surface area (Å²) in [4.78, 5) is 74.4. The first-order valence-corrected chi connectivity index (χ1v) is 55.3. The second-order valence-corrected chi connectivity index (χ2v) is 45.6. The summed E-state index contributed by atoms with van der Waals surface area (Å²) in [6, 6.07) is 36.3. The summed E-state index contributed by atoms with van der Waals surface area (Å²) < 4.78 is 56.3. The molecule has 5 fully saturated rings. The molecule has 20 rings (SSSR count). The van der Waals surface area contributed by atoms with Crippen molar-refractivity contribution in [3.8, 4) is 85.7 Å². The van der Waals surface area contributed by atoms with E-state index in [2.05, 4.69) is 86.8 Å². The van der Waals surface area contributed by atoms with Crippen molar-refractivity contribution in [2.75, 3.05) is 148 Å². The summed E-state index contributed by atoms with van der Waals surface area (Å²) in [7, 11) is -6.34. The number of rotatable bonds is 17. The summed E-state index contributed by atoms with van der Waals surface area (Å²) in [5.41, 5.74) is 15.2. The summed E-state index contributed by atoms with van der Waals surface area (Å²) >= 11 is 0. The zero-order valence-corrected chi connectivity index (χ0v) is 86.3. The Balaban J connectivity index is 0.000000127. The number of amides is 1. The summed E-state index contributed by atoms with van der Waals surface area (Å²) in [6.07, 6.45) is 22.8. The van der Waals surface area contributed by atoms with Crippen LogP contribution < -0.4 is 24.5 Å². The highest BCUT2D eigenvalue weighted by atomic mass is 32.2. The van der Waals surface area contributed by atoms with E-state index in [1.807, 2.05) is 85.8 Å². The smallest absolute Gasteiger partial charge is 0.409 e. The molecule has 10 aromatic rings. The number of piperidine rings is 2. The lowest BCUT2D eigenvalue weighted by atomic mass is 9.80. The summed E-state index contributed by atoms with van der Waals surface area (Å²) in [6.45, 7) is 35.7. The minimum atomic E-state index is -3.17. The highest BCUT2D eigenvalue weighted by Gasteiger charge is 2.38. The largest absolute Gasteiger partial charge is 0.507 e.